The minimum Gasteiger partial charge on any atom is -0.385 e. The molecule has 132 valence electrons. The van der Waals surface area contributed by atoms with E-state index in [0.717, 1.165) is 0 Å². The zero-order valence-corrected chi connectivity index (χ0v) is 14.1. The van der Waals surface area contributed by atoms with E-state index in [1.54, 1.807) is 31.2 Å². The second kappa shape index (κ2) is 8.60. The summed E-state index contributed by atoms with van der Waals surface area (Å²) in [6.07, 6.45) is 0.715. The van der Waals surface area contributed by atoms with Gasteiger partial charge >= 0.3 is 0 Å². The van der Waals surface area contributed by atoms with Gasteiger partial charge in [-0.15, -0.1) is 0 Å². The number of nitro benzene ring substituents is 1. The Morgan fingerprint density at radius 3 is 2.75 bits per heavy atom. The van der Waals surface area contributed by atoms with Crippen LogP contribution in [0.25, 0.3) is 0 Å². The number of nitro groups is 1. The topological polar surface area (TPSA) is 85.2 Å². The van der Waals surface area contributed by atoms with Crippen molar-refractivity contribution in [1.29, 1.82) is 0 Å². The standard InChI is InChI=1S/C16H23N3O5/c1-17(6-3-9-23-2)16(20)13-4-5-14(15(12-13)19(21)22)18-7-10-24-11-8-18/h4-5,12H,3,6-11H2,1-2H3. The van der Waals surface area contributed by atoms with Gasteiger partial charge in [0.2, 0.25) is 0 Å². The lowest BCUT2D eigenvalue weighted by atomic mass is 10.1. The van der Waals surface area contributed by atoms with Crippen molar-refractivity contribution in [3.8, 4) is 0 Å². The zero-order chi connectivity index (χ0) is 17.5. The fourth-order valence-corrected chi connectivity index (χ4v) is 2.64. The monoisotopic (exact) mass is 337 g/mol. The van der Waals surface area contributed by atoms with Crippen LogP contribution < -0.4 is 4.90 Å². The first-order valence-electron chi connectivity index (χ1n) is 7.90. The maximum absolute atomic E-state index is 12.4. The maximum atomic E-state index is 12.4. The van der Waals surface area contributed by atoms with E-state index >= 15 is 0 Å². The number of benzene rings is 1. The fraction of sp³-hybridized carbons (Fsp3) is 0.562. The van der Waals surface area contributed by atoms with Gasteiger partial charge in [0.15, 0.2) is 0 Å². The number of ether oxygens (including phenoxy) is 2. The minimum absolute atomic E-state index is 0.0481. The minimum atomic E-state index is -0.438. The molecular formula is C16H23N3O5. The number of nitrogens with zero attached hydrogens (tertiary/aromatic N) is 3. The van der Waals surface area contributed by atoms with E-state index in [4.69, 9.17) is 9.47 Å². The lowest BCUT2D eigenvalue weighted by molar-refractivity contribution is -0.384. The van der Waals surface area contributed by atoms with E-state index in [0.29, 0.717) is 57.1 Å². The molecule has 1 saturated heterocycles. The molecule has 0 spiro atoms. The van der Waals surface area contributed by atoms with Gasteiger partial charge in [-0.2, -0.15) is 0 Å². The first-order chi connectivity index (χ1) is 11.5. The molecular weight excluding hydrogens is 314 g/mol. The smallest absolute Gasteiger partial charge is 0.293 e. The Morgan fingerprint density at radius 2 is 2.12 bits per heavy atom. The number of rotatable bonds is 7. The van der Waals surface area contributed by atoms with Gasteiger partial charge in [-0.25, -0.2) is 0 Å². The van der Waals surface area contributed by atoms with Crippen LogP contribution in [-0.4, -0.2) is 69.3 Å². The van der Waals surface area contributed by atoms with Crippen LogP contribution in [0.1, 0.15) is 16.8 Å². The number of hydrogen-bond donors (Lipinski definition) is 0. The third kappa shape index (κ3) is 4.42. The molecule has 0 atom stereocenters. The quantitative estimate of drug-likeness (QED) is 0.426. The largest absolute Gasteiger partial charge is 0.385 e. The Kier molecular flexibility index (Phi) is 6.51. The number of carbonyl (C=O) groups excluding carboxylic acids is 1. The lowest BCUT2D eigenvalue weighted by Gasteiger charge is -2.28. The van der Waals surface area contributed by atoms with E-state index in [1.165, 1.54) is 6.07 Å². The van der Waals surface area contributed by atoms with Crippen LogP contribution in [-0.2, 0) is 9.47 Å². The first-order valence-corrected chi connectivity index (χ1v) is 7.90. The molecule has 1 aliphatic rings. The van der Waals surface area contributed by atoms with E-state index in [1.807, 2.05) is 4.90 Å². The molecule has 8 heteroatoms. The average molecular weight is 337 g/mol. The van der Waals surface area contributed by atoms with Gasteiger partial charge in [0.1, 0.15) is 5.69 Å². The van der Waals surface area contributed by atoms with Crippen LogP contribution in [0, 0.1) is 10.1 Å². The number of hydrogen-bond acceptors (Lipinski definition) is 6. The molecule has 1 aliphatic heterocycles. The van der Waals surface area contributed by atoms with Crippen molar-refractivity contribution < 1.29 is 19.2 Å². The molecule has 1 fully saturated rings. The average Bonchev–Trinajstić information content (AvgIpc) is 2.61. The molecule has 0 aliphatic carbocycles. The van der Waals surface area contributed by atoms with E-state index in [9.17, 15) is 14.9 Å². The van der Waals surface area contributed by atoms with Crippen LogP contribution >= 0.6 is 0 Å². The Hall–Kier alpha value is -2.19. The summed E-state index contributed by atoms with van der Waals surface area (Å²) in [4.78, 5) is 26.9. The molecule has 0 saturated carbocycles. The van der Waals surface area contributed by atoms with Crippen LogP contribution in [0.5, 0.6) is 0 Å². The molecule has 1 heterocycles. The molecule has 0 aromatic heterocycles. The molecule has 0 N–H and O–H groups in total. The highest BCUT2D eigenvalue weighted by molar-refractivity contribution is 5.95. The molecule has 2 rings (SSSR count). The Morgan fingerprint density at radius 1 is 1.42 bits per heavy atom. The summed E-state index contributed by atoms with van der Waals surface area (Å²) in [6, 6.07) is 4.66. The normalized spacial score (nSPS) is 14.5. The highest BCUT2D eigenvalue weighted by atomic mass is 16.6. The van der Waals surface area contributed by atoms with Gasteiger partial charge in [0.05, 0.1) is 18.1 Å². The van der Waals surface area contributed by atoms with E-state index in [-0.39, 0.29) is 11.6 Å². The second-order valence-corrected chi connectivity index (χ2v) is 5.63. The van der Waals surface area contributed by atoms with Gasteiger partial charge in [-0.3, -0.25) is 14.9 Å². The highest BCUT2D eigenvalue weighted by Crippen LogP contribution is 2.30. The molecule has 24 heavy (non-hydrogen) atoms. The Bertz CT molecular complexity index is 587. The first kappa shape index (κ1) is 18.2. The van der Waals surface area contributed by atoms with Gasteiger partial charge in [-0.1, -0.05) is 0 Å². The summed E-state index contributed by atoms with van der Waals surface area (Å²) in [5.74, 6) is -0.234. The predicted molar refractivity (Wildman–Crippen MR) is 89.6 cm³/mol. The van der Waals surface area contributed by atoms with Gasteiger partial charge < -0.3 is 19.3 Å². The highest BCUT2D eigenvalue weighted by Gasteiger charge is 2.24. The summed E-state index contributed by atoms with van der Waals surface area (Å²) >= 11 is 0. The number of amides is 1. The number of morpholine rings is 1. The summed E-state index contributed by atoms with van der Waals surface area (Å²) in [5, 5.41) is 11.4. The van der Waals surface area contributed by atoms with Crippen molar-refractivity contribution in [1.82, 2.24) is 4.90 Å². The summed E-state index contributed by atoms with van der Waals surface area (Å²) in [7, 11) is 3.29. The third-order valence-electron chi connectivity index (χ3n) is 3.96. The molecule has 0 unspecified atom stereocenters. The van der Waals surface area contributed by atoms with Gasteiger partial charge in [-0.05, 0) is 18.6 Å². The summed E-state index contributed by atoms with van der Waals surface area (Å²) in [6.45, 7) is 3.38. The zero-order valence-electron chi connectivity index (χ0n) is 14.1. The molecule has 1 amide bonds. The second-order valence-electron chi connectivity index (χ2n) is 5.63. The van der Waals surface area contributed by atoms with Gasteiger partial charge in [0.25, 0.3) is 11.6 Å². The van der Waals surface area contributed by atoms with Gasteiger partial charge in [0, 0.05) is 52.0 Å². The van der Waals surface area contributed by atoms with Crippen molar-refractivity contribution >= 4 is 17.3 Å². The van der Waals surface area contributed by atoms with Crippen LogP contribution in [0.15, 0.2) is 18.2 Å². The molecule has 1 aromatic rings. The molecule has 0 radical (unpaired) electrons. The van der Waals surface area contributed by atoms with Crippen LogP contribution in [0.3, 0.4) is 0 Å². The van der Waals surface area contributed by atoms with Crippen molar-refractivity contribution in [2.75, 3.05) is 58.5 Å². The van der Waals surface area contributed by atoms with Crippen molar-refractivity contribution in [2.45, 2.75) is 6.42 Å². The van der Waals surface area contributed by atoms with E-state index in [2.05, 4.69) is 0 Å². The van der Waals surface area contributed by atoms with Crippen LogP contribution in [0.4, 0.5) is 11.4 Å². The fourth-order valence-electron chi connectivity index (χ4n) is 2.64. The number of anilines is 1. The van der Waals surface area contributed by atoms with Crippen molar-refractivity contribution in [2.24, 2.45) is 0 Å². The maximum Gasteiger partial charge on any atom is 0.293 e. The molecule has 0 bridgehead atoms. The van der Waals surface area contributed by atoms with E-state index < -0.39 is 4.92 Å². The molecule has 8 nitrogen and oxygen atoms in total. The van der Waals surface area contributed by atoms with Crippen LogP contribution in [0.2, 0.25) is 0 Å². The predicted octanol–water partition coefficient (Wildman–Crippen LogP) is 1.54. The van der Waals surface area contributed by atoms with Crippen molar-refractivity contribution in [3.63, 3.8) is 0 Å². The SMILES string of the molecule is COCCCN(C)C(=O)c1ccc(N2CCOCC2)c([N+](=O)[O-])c1. The Labute approximate surface area is 141 Å². The third-order valence-corrected chi connectivity index (χ3v) is 3.96. The number of methoxy groups -OCH3 is 1. The summed E-state index contributed by atoms with van der Waals surface area (Å²) in [5.41, 5.74) is 0.800. The van der Waals surface area contributed by atoms with Crippen molar-refractivity contribution in [3.05, 3.63) is 33.9 Å². The number of carbonyl (C=O) groups is 1. The summed E-state index contributed by atoms with van der Waals surface area (Å²) < 4.78 is 10.2. The lowest BCUT2D eigenvalue weighted by Crippen LogP contribution is -2.36. The molecule has 1 aromatic carbocycles. The Balaban J connectivity index is 2.18.